The minimum absolute atomic E-state index is 0.0483. The monoisotopic (exact) mass is 373 g/mol. The van der Waals surface area contributed by atoms with E-state index in [9.17, 15) is 13.6 Å². The largest absolute Gasteiger partial charge is 0.464 e. The predicted octanol–water partition coefficient (Wildman–Crippen LogP) is 3.22. The van der Waals surface area contributed by atoms with E-state index in [1.54, 1.807) is 6.07 Å². The third-order valence-electron chi connectivity index (χ3n) is 3.44. The van der Waals surface area contributed by atoms with Crippen molar-refractivity contribution >= 4 is 19.7 Å². The maximum absolute atomic E-state index is 14.6. The predicted molar refractivity (Wildman–Crippen MR) is 96.4 cm³/mol. The van der Waals surface area contributed by atoms with E-state index < -0.39 is 25.7 Å². The van der Waals surface area contributed by atoms with Gasteiger partial charge in [0.25, 0.3) is 0 Å². The van der Waals surface area contributed by atoms with Crippen molar-refractivity contribution in [2.45, 2.75) is 19.6 Å². The van der Waals surface area contributed by atoms with Crippen LogP contribution < -0.4 is 5.73 Å². The summed E-state index contributed by atoms with van der Waals surface area (Å²) in [5.41, 5.74) is 7.92. The zero-order valence-electron chi connectivity index (χ0n) is 14.8. The summed E-state index contributed by atoms with van der Waals surface area (Å²) in [7, 11) is -0.643. The second kappa shape index (κ2) is 7.02. The number of carbonyl (C=O) groups is 1. The maximum atomic E-state index is 14.6. The maximum Gasteiger partial charge on any atom is 0.357 e. The van der Waals surface area contributed by atoms with Gasteiger partial charge in [0, 0.05) is 6.20 Å². The topological polar surface area (TPSA) is 81.0 Å². The molecule has 0 saturated carbocycles. The highest BCUT2D eigenvalue weighted by molar-refractivity contribution is 6.83. The average Bonchev–Trinajstić information content (AvgIpc) is 2.91. The van der Waals surface area contributed by atoms with Gasteiger partial charge in [0.2, 0.25) is 0 Å². The van der Waals surface area contributed by atoms with Crippen LogP contribution in [0.3, 0.4) is 0 Å². The lowest BCUT2D eigenvalue weighted by Gasteiger charge is -2.11. The molecule has 0 bridgehead atoms. The molecule has 0 fully saturated rings. The summed E-state index contributed by atoms with van der Waals surface area (Å²) in [5.74, 6) is -0.529. The number of benzene rings is 1. The Morgan fingerprint density at radius 3 is 2.42 bits per heavy atom. The van der Waals surface area contributed by atoms with Gasteiger partial charge >= 0.3 is 5.97 Å². The van der Waals surface area contributed by atoms with Crippen LogP contribution in [0.4, 0.5) is 14.5 Å². The van der Waals surface area contributed by atoms with Crippen LogP contribution in [0.5, 0.6) is 0 Å². The van der Waals surface area contributed by atoms with Crippen molar-refractivity contribution in [3.63, 3.8) is 0 Å². The van der Waals surface area contributed by atoms with Gasteiger partial charge < -0.3 is 15.0 Å². The molecule has 0 aliphatic carbocycles. The molecule has 8 heteroatoms. The van der Waals surface area contributed by atoms with E-state index in [1.165, 1.54) is 12.1 Å². The second-order valence-corrected chi connectivity index (χ2v) is 11.3. The van der Waals surface area contributed by atoms with Crippen molar-refractivity contribution in [3.05, 3.63) is 46.8 Å². The summed E-state index contributed by atoms with van der Waals surface area (Å²) in [4.78, 5) is 12.0. The summed E-state index contributed by atoms with van der Waals surface area (Å²) in [5, 5.41) is 9.09. The molecule has 2 N–H and O–H groups in total. The Bertz CT molecular complexity index is 989. The number of nitrogens with zero attached hydrogens (tertiary/aromatic N) is 2. The van der Waals surface area contributed by atoms with Crippen molar-refractivity contribution < 1.29 is 18.3 Å². The molecule has 0 saturated heterocycles. The Morgan fingerprint density at radius 1 is 1.23 bits per heavy atom. The van der Waals surface area contributed by atoms with Gasteiger partial charge in [-0.05, 0) is 12.1 Å². The van der Waals surface area contributed by atoms with Crippen LogP contribution in [0.25, 0.3) is 5.69 Å². The molecule has 0 amide bonds. The number of esters is 1. The van der Waals surface area contributed by atoms with E-state index in [1.807, 2.05) is 19.6 Å². The van der Waals surface area contributed by atoms with Crippen LogP contribution >= 0.6 is 0 Å². The van der Waals surface area contributed by atoms with Gasteiger partial charge in [-0.2, -0.15) is 5.26 Å². The molecule has 2 rings (SSSR count). The number of methoxy groups -OCH3 is 1. The smallest absolute Gasteiger partial charge is 0.357 e. The van der Waals surface area contributed by atoms with E-state index in [-0.39, 0.29) is 28.2 Å². The number of hydrogen-bond acceptors (Lipinski definition) is 4. The number of aromatic nitrogens is 1. The molecule has 134 valence electrons. The van der Waals surface area contributed by atoms with Crippen LogP contribution in [-0.4, -0.2) is 25.7 Å². The zero-order valence-corrected chi connectivity index (χ0v) is 15.8. The Balaban J connectivity index is 2.68. The molecule has 0 spiro atoms. The number of nitrogen functional groups attached to an aromatic ring is 1. The lowest BCUT2D eigenvalue weighted by atomic mass is 10.2. The lowest BCUT2D eigenvalue weighted by molar-refractivity contribution is 0.0593. The highest BCUT2D eigenvalue weighted by Crippen LogP contribution is 2.27. The Labute approximate surface area is 151 Å². The number of halogens is 2. The van der Waals surface area contributed by atoms with Crippen LogP contribution in [0.15, 0.2) is 18.3 Å². The minimum Gasteiger partial charge on any atom is -0.464 e. The first-order valence-corrected chi connectivity index (χ1v) is 11.1. The number of anilines is 1. The van der Waals surface area contributed by atoms with Crippen molar-refractivity contribution in [3.8, 4) is 23.2 Å². The van der Waals surface area contributed by atoms with E-state index in [4.69, 9.17) is 11.0 Å². The molecular formula is C18H17F2N3O2Si. The number of carbonyl (C=O) groups excluding carboxylic acids is 1. The van der Waals surface area contributed by atoms with Gasteiger partial charge in [-0.1, -0.05) is 25.6 Å². The zero-order chi connectivity index (χ0) is 19.6. The Kier molecular flexibility index (Phi) is 5.19. The van der Waals surface area contributed by atoms with Gasteiger partial charge in [-0.3, -0.25) is 0 Å². The molecule has 5 nitrogen and oxygen atoms in total. The van der Waals surface area contributed by atoms with Gasteiger partial charge in [-0.15, -0.1) is 5.54 Å². The van der Waals surface area contributed by atoms with E-state index >= 15 is 0 Å². The molecule has 0 aliphatic rings. The highest BCUT2D eigenvalue weighted by Gasteiger charge is 2.24. The van der Waals surface area contributed by atoms with Crippen molar-refractivity contribution in [1.82, 2.24) is 4.57 Å². The lowest BCUT2D eigenvalue weighted by Crippen LogP contribution is -2.16. The number of rotatable bonds is 2. The number of hydrogen-bond donors (Lipinski definition) is 1. The second-order valence-electron chi connectivity index (χ2n) is 6.54. The number of nitrogens with two attached hydrogens (primary N) is 1. The Hall–Kier alpha value is -3.10. The summed E-state index contributed by atoms with van der Waals surface area (Å²) >= 11 is 0. The molecule has 0 aliphatic heterocycles. The van der Waals surface area contributed by atoms with Gasteiger partial charge in [0.05, 0.1) is 29.6 Å². The molecule has 26 heavy (non-hydrogen) atoms. The quantitative estimate of drug-likeness (QED) is 0.498. The molecule has 1 aromatic carbocycles. The van der Waals surface area contributed by atoms with E-state index in [0.717, 1.165) is 17.9 Å². The fourth-order valence-corrected chi connectivity index (χ4v) is 2.69. The summed E-state index contributed by atoms with van der Waals surface area (Å²) in [6.45, 7) is 5.95. The van der Waals surface area contributed by atoms with E-state index in [0.29, 0.717) is 0 Å². The van der Waals surface area contributed by atoms with Gasteiger partial charge in [0.1, 0.15) is 14.1 Å². The van der Waals surface area contributed by atoms with E-state index in [2.05, 4.69) is 16.2 Å². The molecule has 1 heterocycles. The van der Waals surface area contributed by atoms with Gasteiger partial charge in [-0.25, -0.2) is 13.6 Å². The highest BCUT2D eigenvalue weighted by atomic mass is 28.3. The van der Waals surface area contributed by atoms with Crippen LogP contribution in [0.1, 0.15) is 21.6 Å². The van der Waals surface area contributed by atoms with Crippen molar-refractivity contribution in [2.24, 2.45) is 0 Å². The first kappa shape index (κ1) is 19.2. The molecule has 0 radical (unpaired) electrons. The SMILES string of the molecule is COC(=O)c1c(N)c(C#N)cn1-c1ccc(C#C[Si](C)(C)C)c(F)c1F. The van der Waals surface area contributed by atoms with Crippen LogP contribution in [0.2, 0.25) is 19.6 Å². The normalized spacial score (nSPS) is 10.7. The fourth-order valence-electron chi connectivity index (χ4n) is 2.18. The summed E-state index contributed by atoms with van der Waals surface area (Å²) in [6.07, 6.45) is 1.16. The Morgan fingerprint density at radius 2 is 1.88 bits per heavy atom. The molecular weight excluding hydrogens is 356 g/mol. The molecule has 0 atom stereocenters. The van der Waals surface area contributed by atoms with Crippen LogP contribution in [0, 0.1) is 34.4 Å². The van der Waals surface area contributed by atoms with Crippen molar-refractivity contribution in [2.75, 3.05) is 12.8 Å². The summed E-state index contributed by atoms with van der Waals surface area (Å²) in [6, 6.07) is 4.40. The third kappa shape index (κ3) is 3.61. The summed E-state index contributed by atoms with van der Waals surface area (Å²) < 4.78 is 34.7. The minimum atomic E-state index is -1.76. The van der Waals surface area contributed by atoms with Gasteiger partial charge in [0.15, 0.2) is 17.3 Å². The molecule has 2 aromatic rings. The number of ether oxygens (including phenoxy) is 1. The fraction of sp³-hybridized carbons (Fsp3) is 0.222. The first-order valence-electron chi connectivity index (χ1n) is 7.61. The van der Waals surface area contributed by atoms with Crippen molar-refractivity contribution in [1.29, 1.82) is 5.26 Å². The third-order valence-corrected chi connectivity index (χ3v) is 4.31. The number of nitriles is 1. The molecule has 1 aromatic heterocycles. The standard InChI is InChI=1S/C18H17F2N3O2Si/c1-25-18(24)17-16(22)12(9-21)10-23(17)13-6-5-11(14(19)15(13)20)7-8-26(2,3)4/h5-6,10H,22H2,1-4H3. The van der Waals surface area contributed by atoms with Crippen LogP contribution in [-0.2, 0) is 4.74 Å². The first-order chi connectivity index (χ1) is 12.1. The average molecular weight is 373 g/mol. The molecule has 0 unspecified atom stereocenters.